The Bertz CT molecular complexity index is 644. The third kappa shape index (κ3) is 4.72. The van der Waals surface area contributed by atoms with Gasteiger partial charge in [-0.25, -0.2) is 0 Å². The van der Waals surface area contributed by atoms with Crippen molar-refractivity contribution in [1.82, 2.24) is 5.32 Å². The molecule has 0 fully saturated rings. The summed E-state index contributed by atoms with van der Waals surface area (Å²) in [4.78, 5) is 12.3. The monoisotopic (exact) mass is 313 g/mol. The fourth-order valence-corrected chi connectivity index (χ4v) is 2.30. The Balaban J connectivity index is 2.16. The van der Waals surface area contributed by atoms with Gasteiger partial charge in [-0.05, 0) is 30.7 Å². The van der Waals surface area contributed by atoms with E-state index in [1.807, 2.05) is 36.4 Å². The van der Waals surface area contributed by atoms with E-state index in [-0.39, 0.29) is 11.9 Å². The fraction of sp³-hybridized carbons (Fsp3) is 0.278. The average molecular weight is 313 g/mol. The molecule has 5 heteroatoms. The molecule has 5 nitrogen and oxygen atoms in total. The lowest BCUT2D eigenvalue weighted by atomic mass is 10.1. The van der Waals surface area contributed by atoms with Gasteiger partial charge in [-0.2, -0.15) is 0 Å². The highest BCUT2D eigenvalue weighted by Gasteiger charge is 2.14. The molecule has 4 N–H and O–H groups in total. The molecule has 0 unspecified atom stereocenters. The van der Waals surface area contributed by atoms with Crippen LogP contribution in [0, 0.1) is 0 Å². The molecule has 23 heavy (non-hydrogen) atoms. The Morgan fingerprint density at radius 2 is 1.96 bits per heavy atom. The zero-order chi connectivity index (χ0) is 16.7. The van der Waals surface area contributed by atoms with E-state index in [9.17, 15) is 4.79 Å². The van der Waals surface area contributed by atoms with Gasteiger partial charge in [0.2, 0.25) is 0 Å². The number of anilines is 2. The third-order valence-electron chi connectivity index (χ3n) is 3.55. The molecule has 0 aliphatic rings. The standard InChI is InChI=1S/C18H23N3O2/c1-13(14-6-4-3-5-7-14)21-17-9-8-15(19)12-16(17)18(22)20-10-11-23-2/h3-9,12-13,21H,10-11,19H2,1-2H3,(H,20,22)/t13-/m1/s1. The molecule has 1 atom stereocenters. The number of nitrogens with one attached hydrogen (secondary N) is 2. The van der Waals surface area contributed by atoms with Crippen LogP contribution in [0.4, 0.5) is 11.4 Å². The van der Waals surface area contributed by atoms with Crippen LogP contribution in [0.5, 0.6) is 0 Å². The van der Waals surface area contributed by atoms with Crippen molar-refractivity contribution in [2.24, 2.45) is 0 Å². The smallest absolute Gasteiger partial charge is 0.253 e. The maximum atomic E-state index is 12.3. The summed E-state index contributed by atoms with van der Waals surface area (Å²) in [6, 6.07) is 15.4. The first-order valence-electron chi connectivity index (χ1n) is 7.60. The van der Waals surface area contributed by atoms with Crippen LogP contribution in [-0.2, 0) is 4.74 Å². The summed E-state index contributed by atoms with van der Waals surface area (Å²) in [5.41, 5.74) is 8.82. The molecule has 0 saturated heterocycles. The van der Waals surface area contributed by atoms with Crippen LogP contribution in [0.1, 0.15) is 28.9 Å². The number of hydrogen-bond acceptors (Lipinski definition) is 4. The highest BCUT2D eigenvalue weighted by atomic mass is 16.5. The topological polar surface area (TPSA) is 76.4 Å². The molecule has 0 aromatic heterocycles. The van der Waals surface area contributed by atoms with Crippen LogP contribution in [0.15, 0.2) is 48.5 Å². The zero-order valence-electron chi connectivity index (χ0n) is 13.5. The number of carbonyl (C=O) groups is 1. The molecule has 0 radical (unpaired) electrons. The van der Waals surface area contributed by atoms with Crippen molar-refractivity contribution < 1.29 is 9.53 Å². The van der Waals surface area contributed by atoms with E-state index in [4.69, 9.17) is 10.5 Å². The molecule has 0 aliphatic carbocycles. The fourth-order valence-electron chi connectivity index (χ4n) is 2.30. The lowest BCUT2D eigenvalue weighted by Gasteiger charge is -2.19. The van der Waals surface area contributed by atoms with E-state index >= 15 is 0 Å². The van der Waals surface area contributed by atoms with Crippen molar-refractivity contribution in [2.45, 2.75) is 13.0 Å². The lowest BCUT2D eigenvalue weighted by Crippen LogP contribution is -2.28. The number of nitrogens with two attached hydrogens (primary N) is 1. The molecule has 0 heterocycles. The minimum Gasteiger partial charge on any atom is -0.399 e. The Morgan fingerprint density at radius 3 is 2.65 bits per heavy atom. The summed E-state index contributed by atoms with van der Waals surface area (Å²) in [5.74, 6) is -0.169. The van der Waals surface area contributed by atoms with Crippen LogP contribution >= 0.6 is 0 Å². The van der Waals surface area contributed by atoms with E-state index in [1.54, 1.807) is 19.2 Å². The Morgan fingerprint density at radius 1 is 1.22 bits per heavy atom. The molecule has 122 valence electrons. The summed E-state index contributed by atoms with van der Waals surface area (Å²) in [5, 5.41) is 6.20. The van der Waals surface area contributed by atoms with Crippen LogP contribution in [-0.4, -0.2) is 26.2 Å². The second kappa shape index (κ2) is 8.19. The zero-order valence-corrected chi connectivity index (χ0v) is 13.5. The first-order chi connectivity index (χ1) is 11.1. The van der Waals surface area contributed by atoms with Crippen LogP contribution in [0.2, 0.25) is 0 Å². The second-order valence-corrected chi connectivity index (χ2v) is 5.33. The van der Waals surface area contributed by atoms with Crippen molar-refractivity contribution >= 4 is 17.3 Å². The molecule has 0 bridgehead atoms. The number of nitrogen functional groups attached to an aromatic ring is 1. The number of rotatable bonds is 7. The number of ether oxygens (including phenoxy) is 1. The van der Waals surface area contributed by atoms with E-state index in [1.165, 1.54) is 0 Å². The Kier molecular flexibility index (Phi) is 6.00. The molecule has 0 saturated carbocycles. The van der Waals surface area contributed by atoms with Gasteiger partial charge in [0.15, 0.2) is 0 Å². The van der Waals surface area contributed by atoms with E-state index < -0.39 is 0 Å². The van der Waals surface area contributed by atoms with Crippen molar-refractivity contribution in [2.75, 3.05) is 31.3 Å². The van der Waals surface area contributed by atoms with Gasteiger partial charge < -0.3 is 21.1 Å². The molecular formula is C18H23N3O2. The normalized spacial score (nSPS) is 11.7. The third-order valence-corrected chi connectivity index (χ3v) is 3.55. The van der Waals surface area contributed by atoms with Gasteiger partial charge in [0.25, 0.3) is 5.91 Å². The minimum absolute atomic E-state index is 0.0744. The summed E-state index contributed by atoms with van der Waals surface area (Å²) in [7, 11) is 1.60. The van der Waals surface area contributed by atoms with Crippen molar-refractivity contribution in [1.29, 1.82) is 0 Å². The highest BCUT2D eigenvalue weighted by molar-refractivity contribution is 6.00. The van der Waals surface area contributed by atoms with Gasteiger partial charge >= 0.3 is 0 Å². The summed E-state index contributed by atoms with van der Waals surface area (Å²) >= 11 is 0. The largest absolute Gasteiger partial charge is 0.399 e. The van der Waals surface area contributed by atoms with Crippen molar-refractivity contribution in [3.63, 3.8) is 0 Å². The summed E-state index contributed by atoms with van der Waals surface area (Å²) in [6.45, 7) is 2.98. The van der Waals surface area contributed by atoms with E-state index in [0.29, 0.717) is 24.4 Å². The lowest BCUT2D eigenvalue weighted by molar-refractivity contribution is 0.0938. The maximum absolute atomic E-state index is 12.3. The quantitative estimate of drug-likeness (QED) is 0.543. The summed E-state index contributed by atoms with van der Waals surface area (Å²) < 4.78 is 4.95. The first kappa shape index (κ1) is 16.8. The van der Waals surface area contributed by atoms with Gasteiger partial charge in [-0.3, -0.25) is 4.79 Å². The van der Waals surface area contributed by atoms with E-state index in [2.05, 4.69) is 17.6 Å². The number of methoxy groups -OCH3 is 1. The molecular weight excluding hydrogens is 290 g/mol. The summed E-state index contributed by atoms with van der Waals surface area (Å²) in [6.07, 6.45) is 0. The first-order valence-corrected chi connectivity index (χ1v) is 7.60. The Hall–Kier alpha value is -2.53. The minimum atomic E-state index is -0.169. The van der Waals surface area contributed by atoms with Crippen LogP contribution in [0.3, 0.4) is 0 Å². The van der Waals surface area contributed by atoms with Crippen LogP contribution in [0.25, 0.3) is 0 Å². The molecule has 2 rings (SSSR count). The second-order valence-electron chi connectivity index (χ2n) is 5.33. The number of carbonyl (C=O) groups excluding carboxylic acids is 1. The maximum Gasteiger partial charge on any atom is 0.253 e. The number of hydrogen-bond donors (Lipinski definition) is 3. The van der Waals surface area contributed by atoms with Crippen LogP contribution < -0.4 is 16.4 Å². The van der Waals surface area contributed by atoms with Gasteiger partial charge in [0.05, 0.1) is 12.2 Å². The van der Waals surface area contributed by atoms with E-state index in [0.717, 1.165) is 11.3 Å². The average Bonchev–Trinajstić information content (AvgIpc) is 2.57. The SMILES string of the molecule is COCCNC(=O)c1cc(N)ccc1N[C@H](C)c1ccccc1. The van der Waals surface area contributed by atoms with Crippen molar-refractivity contribution in [3.8, 4) is 0 Å². The molecule has 2 aromatic rings. The Labute approximate surface area is 136 Å². The van der Waals surface area contributed by atoms with Gasteiger partial charge in [-0.1, -0.05) is 30.3 Å². The van der Waals surface area contributed by atoms with Gasteiger partial charge in [-0.15, -0.1) is 0 Å². The predicted octanol–water partition coefficient (Wildman–Crippen LogP) is 2.82. The van der Waals surface area contributed by atoms with Crippen molar-refractivity contribution in [3.05, 3.63) is 59.7 Å². The molecule has 0 spiro atoms. The number of benzene rings is 2. The molecule has 0 aliphatic heterocycles. The van der Waals surface area contributed by atoms with Gasteiger partial charge in [0.1, 0.15) is 0 Å². The molecule has 1 amide bonds. The number of amides is 1. The molecule has 2 aromatic carbocycles. The highest BCUT2D eigenvalue weighted by Crippen LogP contribution is 2.24. The van der Waals surface area contributed by atoms with Gasteiger partial charge in [0, 0.05) is 31.1 Å². The predicted molar refractivity (Wildman–Crippen MR) is 93.5 cm³/mol.